The first-order valence-corrected chi connectivity index (χ1v) is 21.5. The highest BCUT2D eigenvalue weighted by molar-refractivity contribution is 9.10. The van der Waals surface area contributed by atoms with Crippen molar-refractivity contribution in [1.82, 2.24) is 54.0 Å². The predicted octanol–water partition coefficient (Wildman–Crippen LogP) is 9.15. The summed E-state index contributed by atoms with van der Waals surface area (Å²) in [6.07, 6.45) is 17.1. The molecule has 25 nitrogen and oxygen atoms in total. The number of nitrogen functional groups attached to an aromatic ring is 5. The number of aryl methyl sites for hydroxylation is 1. The number of halogens is 2. The minimum absolute atomic E-state index is 0.00556. The predicted molar refractivity (Wildman–Crippen MR) is 279 cm³/mol. The smallest absolute Gasteiger partial charge is 0.332 e. The molecule has 0 aliphatic heterocycles. The number of pyridine rings is 5. The summed E-state index contributed by atoms with van der Waals surface area (Å²) in [4.78, 5) is 61.9. The number of nitrogens with zero attached hydrogens (tertiary/aromatic N) is 14. The van der Waals surface area contributed by atoms with E-state index in [-0.39, 0.29) is 28.6 Å². The molecule has 0 unspecified atom stereocenters. The average Bonchev–Trinajstić information content (AvgIpc) is 4.15. The highest BCUT2D eigenvalue weighted by atomic mass is 79.9. The Bertz CT molecular complexity index is 3300. The van der Waals surface area contributed by atoms with E-state index < -0.39 is 9.85 Å². The van der Waals surface area contributed by atoms with Crippen molar-refractivity contribution in [3.8, 4) is 0 Å². The Kier molecular flexibility index (Phi) is 20.6. The van der Waals surface area contributed by atoms with Gasteiger partial charge in [-0.05, 0) is 97.0 Å². The zero-order valence-corrected chi connectivity index (χ0v) is 42.1. The molecule has 29 heteroatoms. The number of imidazole rings is 3. The van der Waals surface area contributed by atoms with Crippen molar-refractivity contribution in [1.29, 1.82) is 0 Å². The van der Waals surface area contributed by atoms with Gasteiger partial charge in [0.25, 0.3) is 17.5 Å². The second-order valence-corrected chi connectivity index (χ2v) is 15.8. The van der Waals surface area contributed by atoms with E-state index in [1.54, 1.807) is 78.9 Å². The Morgan fingerprint density at radius 1 is 0.629 bits per heavy atom. The summed E-state index contributed by atoms with van der Waals surface area (Å²) in [5.74, 6) is 0.831. The molecule has 12 N–H and O–H groups in total. The maximum Gasteiger partial charge on any atom is 0.332 e. The molecule has 0 radical (unpaired) electrons. The number of rotatable bonds is 2. The van der Waals surface area contributed by atoms with Gasteiger partial charge in [0.05, 0.1) is 26.7 Å². The highest BCUT2D eigenvalue weighted by Gasteiger charge is 2.18. The first-order valence-electron chi connectivity index (χ1n) is 19.1. The van der Waals surface area contributed by atoms with Crippen molar-refractivity contribution < 1.29 is 9.85 Å². The fourth-order valence-electron chi connectivity index (χ4n) is 4.98. The van der Waals surface area contributed by atoms with Crippen LogP contribution in [0, 0.1) is 79.3 Å². The summed E-state index contributed by atoms with van der Waals surface area (Å²) < 4.78 is 5.41. The molecule has 0 atom stereocenters. The van der Waals surface area contributed by atoms with Crippen LogP contribution in [0.5, 0.6) is 0 Å². The fraction of sp³-hybridized carbons (Fsp3) is 0.122. The Morgan fingerprint density at radius 2 is 1.09 bits per heavy atom. The van der Waals surface area contributed by atoms with Gasteiger partial charge < -0.3 is 53.2 Å². The van der Waals surface area contributed by atoms with Crippen LogP contribution in [0.1, 0.15) is 27.8 Å². The number of fused-ring (bicyclic) bond motifs is 1. The Labute approximate surface area is 425 Å². The van der Waals surface area contributed by atoms with E-state index >= 15 is 0 Å². The van der Waals surface area contributed by atoms with Gasteiger partial charge in [0.1, 0.15) is 57.3 Å². The number of hydrogen-bond donors (Lipinski definition) is 7. The van der Waals surface area contributed by atoms with Crippen LogP contribution < -0.4 is 28.7 Å². The van der Waals surface area contributed by atoms with Crippen LogP contribution in [0.15, 0.2) is 83.7 Å². The lowest BCUT2D eigenvalue weighted by Crippen LogP contribution is -2.15. The van der Waals surface area contributed by atoms with E-state index in [1.807, 2.05) is 13.8 Å². The first kappa shape index (κ1) is 55.5. The van der Waals surface area contributed by atoms with Gasteiger partial charge in [0, 0.05) is 64.5 Å². The molecular weight excluding hydrogens is 1070 g/mol. The highest BCUT2D eigenvalue weighted by Crippen LogP contribution is 2.30. The molecule has 0 saturated heterocycles. The van der Waals surface area contributed by atoms with E-state index in [9.17, 15) is 20.2 Å². The van der Waals surface area contributed by atoms with Crippen LogP contribution >= 0.6 is 56.3 Å². The Morgan fingerprint density at radius 3 is 1.56 bits per heavy atom. The summed E-state index contributed by atoms with van der Waals surface area (Å²) >= 11 is 16.4. The first-order chi connectivity index (χ1) is 33.1. The maximum atomic E-state index is 10.4. The second kappa shape index (κ2) is 25.9. The number of thiocarbonyl (C=S) groups is 1. The third-order valence-corrected chi connectivity index (χ3v) is 11.3. The number of aromatic amines is 2. The van der Waals surface area contributed by atoms with Gasteiger partial charge in [-0.25, -0.2) is 19.9 Å². The average molecular weight is 1110 g/mol. The largest absolute Gasteiger partial charge is 0.398 e. The number of aromatic nitrogens is 11. The quantitative estimate of drug-likeness (QED) is 0.0279. The summed E-state index contributed by atoms with van der Waals surface area (Å²) in [5, 5.41) is 21.4. The SMILES string of the molecule is Cc1c(Br)ncc([N+](=O)[O-])c1N.Cc1c(N)ccnc1Br.S=C(n1ccnc1)n1ccnc1.[C-]#[N+]c1ncc(N)c(N)c1C.[C-]#[N+]c1ncc([N+](=O)[O-])c(N)c1C.[C-]#[N+]c1ncc2[nH]c(=S)[nH]c2c1C. The summed E-state index contributed by atoms with van der Waals surface area (Å²) in [6, 6.07) is 1.78. The van der Waals surface area contributed by atoms with Crippen molar-refractivity contribution in [2.45, 2.75) is 34.6 Å². The number of nitrogens with one attached hydrogen (secondary N) is 2. The van der Waals surface area contributed by atoms with Gasteiger partial charge in [-0.15, -0.1) is 15.0 Å². The van der Waals surface area contributed by atoms with Crippen LogP contribution in [0.4, 0.5) is 57.3 Å². The molecule has 0 aromatic carbocycles. The molecule has 0 bridgehead atoms. The minimum Gasteiger partial charge on any atom is -0.398 e. The lowest BCUT2D eigenvalue weighted by Gasteiger charge is -2.02. The summed E-state index contributed by atoms with van der Waals surface area (Å²) in [6.45, 7) is 29.0. The van der Waals surface area contributed by atoms with Crippen molar-refractivity contribution in [3.63, 3.8) is 0 Å². The topological polar surface area (TPSA) is 361 Å². The zero-order chi connectivity index (χ0) is 52.4. The number of nitro groups is 2. The molecule has 0 aliphatic rings. The molecule has 358 valence electrons. The zero-order valence-electron chi connectivity index (χ0n) is 37.3. The maximum absolute atomic E-state index is 10.4. The molecule has 8 heterocycles. The number of anilines is 5. The summed E-state index contributed by atoms with van der Waals surface area (Å²) in [7, 11) is 0. The second-order valence-electron chi connectivity index (χ2n) is 13.5. The monoisotopic (exact) mass is 1110 g/mol. The molecule has 8 aromatic heterocycles. The molecule has 70 heavy (non-hydrogen) atoms. The van der Waals surface area contributed by atoms with E-state index in [4.69, 9.17) is 72.8 Å². The molecule has 0 spiro atoms. The minimum atomic E-state index is -0.622. The van der Waals surface area contributed by atoms with Gasteiger partial charge in [-0.1, -0.05) is 19.7 Å². The third-order valence-electron chi connectivity index (χ3n) is 9.12. The van der Waals surface area contributed by atoms with E-state index in [2.05, 4.69) is 91.3 Å². The molecule has 8 rings (SSSR count). The van der Waals surface area contributed by atoms with E-state index in [0.29, 0.717) is 54.2 Å². The molecule has 8 aromatic rings. The van der Waals surface area contributed by atoms with E-state index in [1.165, 1.54) is 13.1 Å². The van der Waals surface area contributed by atoms with Gasteiger partial charge in [-0.3, -0.25) is 29.4 Å². The van der Waals surface area contributed by atoms with Crippen LogP contribution in [0.3, 0.4) is 0 Å². The standard InChI is InChI=1S/C8H6N4S.C7H6N4O2.C7H6N4S.C7H8N4.C6H6BrN3O2.C6H7BrN2/c1-4-6-5(11-8(13)12-6)3-10-7(4)9-2;1-4-6(8)5(11(12)13)3-10-7(4)9-2;12-7(10-3-1-8-5-10)11-4-2-9-6-11;1-4-6(9)5(8)3-11-7(4)10-2;1-3-5(8)4(10(11)12)2-9-6(3)7;1-4-5(8)2-3-9-6(4)7/h3H,1H3,(H2,11,12,13);3H,1H3,(H2,8,10);1-6H;3H,8H2,1H3,(H2,9,11);2H,1H3,(H2,8,9);2-3H,1H3,(H2,8,9). The van der Waals surface area contributed by atoms with Crippen molar-refractivity contribution >= 4 is 130 Å². The van der Waals surface area contributed by atoms with Gasteiger partial charge in [-0.2, -0.15) is 0 Å². The van der Waals surface area contributed by atoms with Crippen molar-refractivity contribution in [2.75, 3.05) is 28.7 Å². The fourth-order valence-corrected chi connectivity index (χ4v) is 6.07. The summed E-state index contributed by atoms with van der Waals surface area (Å²) in [5.41, 5.74) is 34.0. The van der Waals surface area contributed by atoms with Gasteiger partial charge >= 0.3 is 11.4 Å². The third kappa shape index (κ3) is 14.6. The van der Waals surface area contributed by atoms with Crippen LogP contribution in [0.2, 0.25) is 0 Å². The van der Waals surface area contributed by atoms with Crippen LogP contribution in [0.25, 0.3) is 25.6 Å². The molecule has 0 aliphatic carbocycles. The number of nitrogens with two attached hydrogens (primary N) is 5. The van der Waals surface area contributed by atoms with Crippen LogP contribution in [-0.2, 0) is 0 Å². The number of H-pyrrole nitrogens is 2. The van der Waals surface area contributed by atoms with Crippen molar-refractivity contribution in [2.24, 2.45) is 0 Å². The number of hydrogen-bond acceptors (Lipinski definition) is 18. The van der Waals surface area contributed by atoms with Crippen molar-refractivity contribution in [3.05, 3.63) is 171 Å². The Balaban J connectivity index is 0.000000223. The van der Waals surface area contributed by atoms with Gasteiger partial charge in [0.2, 0.25) is 0 Å². The Hall–Kier alpha value is -8.82. The lowest BCUT2D eigenvalue weighted by atomic mass is 10.2. The lowest BCUT2D eigenvalue weighted by molar-refractivity contribution is -0.384. The van der Waals surface area contributed by atoms with Crippen LogP contribution in [-0.4, -0.2) is 68.9 Å². The molecule has 0 fully saturated rings. The molecular formula is C41H39Br2N21O4S2. The van der Waals surface area contributed by atoms with Gasteiger partial charge in [0.15, 0.2) is 16.1 Å². The molecule has 0 saturated carbocycles. The normalized spacial score (nSPS) is 9.66. The van der Waals surface area contributed by atoms with E-state index in [0.717, 1.165) is 44.8 Å². The molecule has 0 amide bonds.